The van der Waals surface area contributed by atoms with Crippen LogP contribution >= 0.6 is 11.6 Å². The lowest BCUT2D eigenvalue weighted by Crippen LogP contribution is -2.70. The average Bonchev–Trinajstić information content (AvgIpc) is 2.81. The van der Waals surface area contributed by atoms with Crippen molar-refractivity contribution in [2.45, 2.75) is 55.9 Å². The van der Waals surface area contributed by atoms with Gasteiger partial charge in [0.2, 0.25) is 0 Å². The van der Waals surface area contributed by atoms with Gasteiger partial charge in [-0.1, -0.05) is 17.7 Å². The number of aromatic nitrogens is 1. The number of nitrogens with zero attached hydrogens (tertiary/aromatic N) is 1. The third-order valence-corrected chi connectivity index (χ3v) is 6.90. The fraction of sp³-hybridized carbons (Fsp3) is 0.435. The number of hydrogen-bond donors (Lipinski definition) is 4. The van der Waals surface area contributed by atoms with Crippen LogP contribution in [0.15, 0.2) is 36.5 Å². The minimum absolute atomic E-state index is 0.0354. The maximum atomic E-state index is 13.5. The summed E-state index contributed by atoms with van der Waals surface area (Å²) < 4.78 is 18.9. The first kappa shape index (κ1) is 23.4. The van der Waals surface area contributed by atoms with Crippen LogP contribution in [-0.2, 0) is 11.4 Å². The van der Waals surface area contributed by atoms with Crippen LogP contribution < -0.4 is 15.4 Å². The minimum Gasteiger partial charge on any atom is -0.484 e. The van der Waals surface area contributed by atoms with E-state index in [9.17, 15) is 19.1 Å². The molecule has 0 unspecified atom stereocenters. The molecule has 176 valence electrons. The van der Waals surface area contributed by atoms with Crippen LogP contribution in [0.25, 0.3) is 0 Å². The Morgan fingerprint density at radius 3 is 2.55 bits per heavy atom. The highest BCUT2D eigenvalue weighted by atomic mass is 35.5. The van der Waals surface area contributed by atoms with Gasteiger partial charge in [-0.15, -0.1) is 0 Å². The van der Waals surface area contributed by atoms with Crippen LogP contribution in [0, 0.1) is 5.82 Å². The summed E-state index contributed by atoms with van der Waals surface area (Å²) in [6.45, 7) is -0.479. The quantitative estimate of drug-likeness (QED) is 0.484. The lowest BCUT2D eigenvalue weighted by Gasteiger charge is -2.56. The predicted molar refractivity (Wildman–Crippen MR) is 117 cm³/mol. The number of halogens is 2. The Kier molecular flexibility index (Phi) is 6.56. The van der Waals surface area contributed by atoms with Crippen LogP contribution in [0.2, 0.25) is 5.02 Å². The van der Waals surface area contributed by atoms with Gasteiger partial charge in [0, 0.05) is 17.8 Å². The number of hydrogen-bond acceptors (Lipinski definition) is 6. The third kappa shape index (κ3) is 4.95. The number of amides is 2. The van der Waals surface area contributed by atoms with Crippen molar-refractivity contribution in [3.63, 3.8) is 0 Å². The first-order chi connectivity index (χ1) is 15.7. The number of nitrogens with one attached hydrogen (secondary N) is 2. The number of carbonyl (C=O) groups excluding carboxylic acids is 2. The summed E-state index contributed by atoms with van der Waals surface area (Å²) in [7, 11) is 0. The topological polar surface area (TPSA) is 121 Å². The Morgan fingerprint density at radius 1 is 1.18 bits per heavy atom. The molecular weight excluding hydrogens is 453 g/mol. The molecule has 3 aliphatic carbocycles. The molecule has 3 saturated carbocycles. The molecule has 1 atom stereocenters. The van der Waals surface area contributed by atoms with E-state index in [1.54, 1.807) is 12.1 Å². The molecule has 0 saturated heterocycles. The molecule has 1 aromatic heterocycles. The molecule has 0 radical (unpaired) electrons. The summed E-state index contributed by atoms with van der Waals surface area (Å²) in [6.07, 6.45) is 3.07. The number of aliphatic hydroxyl groups excluding tert-OH is 2. The van der Waals surface area contributed by atoms with Crippen molar-refractivity contribution < 1.29 is 28.9 Å². The third-order valence-electron chi connectivity index (χ3n) is 6.59. The molecule has 10 heteroatoms. The Balaban J connectivity index is 1.34. The highest BCUT2D eigenvalue weighted by molar-refractivity contribution is 6.30. The van der Waals surface area contributed by atoms with Gasteiger partial charge in [0.25, 0.3) is 11.8 Å². The van der Waals surface area contributed by atoms with Crippen molar-refractivity contribution >= 4 is 23.4 Å². The molecule has 3 fully saturated rings. The van der Waals surface area contributed by atoms with Crippen LogP contribution in [-0.4, -0.2) is 50.8 Å². The molecule has 2 amide bonds. The van der Waals surface area contributed by atoms with Gasteiger partial charge < -0.3 is 25.6 Å². The molecular formula is C23H25ClFN3O5. The zero-order valence-electron chi connectivity index (χ0n) is 17.8. The van der Waals surface area contributed by atoms with E-state index in [0.29, 0.717) is 37.7 Å². The minimum atomic E-state index is -0.845. The zero-order chi connectivity index (χ0) is 23.6. The first-order valence-electron chi connectivity index (χ1n) is 10.7. The predicted octanol–water partition coefficient (Wildman–Crippen LogP) is 2.11. The molecule has 5 rings (SSSR count). The van der Waals surface area contributed by atoms with Crippen molar-refractivity contribution in [1.82, 2.24) is 15.6 Å². The van der Waals surface area contributed by atoms with E-state index in [0.717, 1.165) is 6.07 Å². The summed E-state index contributed by atoms with van der Waals surface area (Å²) in [5.41, 5.74) is -0.514. The molecule has 33 heavy (non-hydrogen) atoms. The van der Waals surface area contributed by atoms with E-state index >= 15 is 0 Å². The van der Waals surface area contributed by atoms with Gasteiger partial charge >= 0.3 is 0 Å². The number of pyridine rings is 1. The van der Waals surface area contributed by atoms with Crippen LogP contribution in [0.3, 0.4) is 0 Å². The number of aliphatic hydroxyl groups is 2. The molecule has 2 aromatic rings. The summed E-state index contributed by atoms with van der Waals surface area (Å²) >= 11 is 5.64. The average molecular weight is 478 g/mol. The van der Waals surface area contributed by atoms with E-state index in [4.69, 9.17) is 21.4 Å². The van der Waals surface area contributed by atoms with E-state index in [1.807, 2.05) is 0 Å². The van der Waals surface area contributed by atoms with Gasteiger partial charge in [0.1, 0.15) is 17.3 Å². The summed E-state index contributed by atoms with van der Waals surface area (Å²) in [6, 6.07) is 7.11. The van der Waals surface area contributed by atoms with Gasteiger partial charge in [-0.05, 0) is 55.9 Å². The van der Waals surface area contributed by atoms with Gasteiger partial charge in [0.15, 0.2) is 6.61 Å². The van der Waals surface area contributed by atoms with Crippen LogP contribution in [0.4, 0.5) is 4.39 Å². The van der Waals surface area contributed by atoms with Crippen molar-refractivity contribution in [3.8, 4) is 5.75 Å². The van der Waals surface area contributed by atoms with Crippen LogP contribution in [0.1, 0.15) is 48.2 Å². The maximum Gasteiger partial charge on any atom is 0.270 e. The van der Waals surface area contributed by atoms with Crippen molar-refractivity contribution in [3.05, 3.63) is 58.6 Å². The monoisotopic (exact) mass is 477 g/mol. The molecule has 4 N–H and O–H groups in total. The second-order valence-corrected chi connectivity index (χ2v) is 9.14. The standard InChI is InChI=1S/C23H25ClFN3O5/c24-16-3-2-15(9-17(16)25)33-13-20(31)27-23-7-5-22(6-8-23,10-19(23)30)28-21(32)18-4-1-14(12-29)11-26-18/h1-4,9,11,19,29-30H,5-8,10,12-13H2,(H,27,31)(H,28,32)/t19-,22?,23?/m0/s1. The normalized spacial score (nSPS) is 26.0. The van der Waals surface area contributed by atoms with Crippen molar-refractivity contribution in [2.75, 3.05) is 6.61 Å². The SMILES string of the molecule is O=C(COc1ccc(Cl)c(F)c1)NC12CCC(NC(=O)c3ccc(CO)cn3)(CC1)C[C@@H]2O. The van der Waals surface area contributed by atoms with Crippen LogP contribution in [0.5, 0.6) is 5.75 Å². The van der Waals surface area contributed by atoms with E-state index in [2.05, 4.69) is 15.6 Å². The zero-order valence-corrected chi connectivity index (χ0v) is 18.6. The van der Waals surface area contributed by atoms with Crippen molar-refractivity contribution in [2.24, 2.45) is 0 Å². The summed E-state index contributed by atoms with van der Waals surface area (Å²) in [5.74, 6) is -1.22. The lowest BCUT2D eigenvalue weighted by molar-refractivity contribution is -0.132. The van der Waals surface area contributed by atoms with E-state index in [1.165, 1.54) is 18.3 Å². The number of fused-ring (bicyclic) bond motifs is 3. The number of ether oxygens (including phenoxy) is 1. The largest absolute Gasteiger partial charge is 0.484 e. The highest BCUT2D eigenvalue weighted by Crippen LogP contribution is 2.47. The Hall–Kier alpha value is -2.75. The van der Waals surface area contributed by atoms with Gasteiger partial charge in [-0.3, -0.25) is 14.6 Å². The molecule has 1 heterocycles. The molecule has 0 spiro atoms. The fourth-order valence-corrected chi connectivity index (χ4v) is 4.77. The highest BCUT2D eigenvalue weighted by Gasteiger charge is 2.55. The molecule has 0 aliphatic heterocycles. The number of carbonyl (C=O) groups is 2. The second-order valence-electron chi connectivity index (χ2n) is 8.73. The van der Waals surface area contributed by atoms with Gasteiger partial charge in [-0.25, -0.2) is 4.39 Å². The Bertz CT molecular complexity index is 1040. The van der Waals surface area contributed by atoms with Crippen molar-refractivity contribution in [1.29, 1.82) is 0 Å². The van der Waals surface area contributed by atoms with E-state index in [-0.39, 0.29) is 35.6 Å². The Labute approximate surface area is 195 Å². The summed E-state index contributed by atoms with van der Waals surface area (Å²) in [4.78, 5) is 29.3. The summed E-state index contributed by atoms with van der Waals surface area (Å²) in [5, 5.41) is 25.9. The van der Waals surface area contributed by atoms with Gasteiger partial charge in [0.05, 0.1) is 23.3 Å². The maximum absolute atomic E-state index is 13.5. The first-order valence-corrected chi connectivity index (χ1v) is 11.1. The van der Waals surface area contributed by atoms with E-state index < -0.39 is 28.9 Å². The Morgan fingerprint density at radius 2 is 1.94 bits per heavy atom. The number of rotatable bonds is 7. The lowest BCUT2D eigenvalue weighted by atomic mass is 9.60. The van der Waals surface area contributed by atoms with Gasteiger partial charge in [-0.2, -0.15) is 0 Å². The fourth-order valence-electron chi connectivity index (χ4n) is 4.65. The number of benzene rings is 1. The second kappa shape index (κ2) is 9.24. The molecule has 2 bridgehead atoms. The molecule has 1 aromatic carbocycles. The molecule has 3 aliphatic rings. The smallest absolute Gasteiger partial charge is 0.270 e. The molecule has 8 nitrogen and oxygen atoms in total.